The molecule has 0 aliphatic carbocycles. The SMILES string of the molecule is CC[CH]CCCC(CCCCCC)CCCC(COC(=O)CCC(OCCCC/C=C\CC)OCCCC/C=C\CC)COC(=O)OCC1CCCN(CC)C1. The molecule has 327 valence electrons. The minimum atomic E-state index is -0.615. The van der Waals surface area contributed by atoms with Gasteiger partial charge in [0.2, 0.25) is 0 Å². The molecular formula is C48H88NO7. The van der Waals surface area contributed by atoms with Crippen molar-refractivity contribution in [1.82, 2.24) is 4.90 Å². The number of hydrogen-bond donors (Lipinski definition) is 0. The monoisotopic (exact) mass is 791 g/mol. The molecule has 1 heterocycles. The zero-order valence-electron chi connectivity index (χ0n) is 37.1. The standard InChI is InChI=1S/C48H88NO7/c1-6-11-15-19-21-25-37-52-47(53-38-26-22-20-16-12-7-2)35-34-46(50)54-41-45(42-56-48(51)55-40-44-33-28-36-49(10-5)39-44)32-27-31-43(29-23-17-13-8-3)30-24-18-14-9-4/h11-13,15-16,43-45,47H,6-10,14,17-42H2,1-5H3/b15-11-,16-12-. The van der Waals surface area contributed by atoms with E-state index in [1.54, 1.807) is 0 Å². The van der Waals surface area contributed by atoms with Crippen LogP contribution < -0.4 is 0 Å². The van der Waals surface area contributed by atoms with E-state index in [2.05, 4.69) is 70.2 Å². The quantitative estimate of drug-likeness (QED) is 0.0265. The molecule has 0 aromatic heterocycles. The molecule has 0 aromatic carbocycles. The third-order valence-electron chi connectivity index (χ3n) is 10.9. The van der Waals surface area contributed by atoms with Crippen LogP contribution in [0, 0.1) is 24.2 Å². The Bertz CT molecular complexity index is 920. The molecule has 3 unspecified atom stereocenters. The van der Waals surface area contributed by atoms with Gasteiger partial charge < -0.3 is 28.6 Å². The fraction of sp³-hybridized carbons (Fsp3) is 0.854. The fourth-order valence-electron chi connectivity index (χ4n) is 7.41. The first kappa shape index (κ1) is 52.1. The van der Waals surface area contributed by atoms with E-state index in [0.29, 0.717) is 38.1 Å². The van der Waals surface area contributed by atoms with Gasteiger partial charge in [-0.3, -0.25) is 4.79 Å². The van der Waals surface area contributed by atoms with E-state index in [4.69, 9.17) is 23.7 Å². The van der Waals surface area contributed by atoms with Crippen LogP contribution in [0.3, 0.4) is 0 Å². The molecule has 0 amide bonds. The Kier molecular flexibility index (Phi) is 35.9. The van der Waals surface area contributed by atoms with Crippen molar-refractivity contribution in [3.63, 3.8) is 0 Å². The van der Waals surface area contributed by atoms with Gasteiger partial charge >= 0.3 is 12.1 Å². The highest BCUT2D eigenvalue weighted by molar-refractivity contribution is 5.69. The van der Waals surface area contributed by atoms with Crippen LogP contribution in [-0.4, -0.2) is 76.0 Å². The number of carbonyl (C=O) groups is 2. The first-order chi connectivity index (χ1) is 27.4. The molecule has 1 rings (SSSR count). The molecular weight excluding hydrogens is 703 g/mol. The number of unbranched alkanes of at least 4 members (excludes halogenated alkanes) is 10. The predicted molar refractivity (Wildman–Crippen MR) is 233 cm³/mol. The summed E-state index contributed by atoms with van der Waals surface area (Å²) in [6, 6.07) is 0. The maximum absolute atomic E-state index is 13.1. The normalized spacial score (nSPS) is 15.7. The summed E-state index contributed by atoms with van der Waals surface area (Å²) in [6.07, 6.45) is 35.7. The summed E-state index contributed by atoms with van der Waals surface area (Å²) in [5.74, 6) is 0.725. The third kappa shape index (κ3) is 31.1. The largest absolute Gasteiger partial charge is 0.508 e. The van der Waals surface area contributed by atoms with Crippen molar-refractivity contribution in [2.24, 2.45) is 17.8 Å². The molecule has 0 spiro atoms. The van der Waals surface area contributed by atoms with Gasteiger partial charge in [-0.1, -0.05) is 130 Å². The van der Waals surface area contributed by atoms with Gasteiger partial charge in [0.05, 0.1) is 19.6 Å². The topological polar surface area (TPSA) is 83.5 Å². The minimum absolute atomic E-state index is 0.0715. The van der Waals surface area contributed by atoms with E-state index < -0.39 is 12.4 Å². The maximum atomic E-state index is 13.1. The Balaban J connectivity index is 2.74. The second kappa shape index (κ2) is 38.6. The molecule has 1 fully saturated rings. The summed E-state index contributed by atoms with van der Waals surface area (Å²) in [6.45, 7) is 16.1. The summed E-state index contributed by atoms with van der Waals surface area (Å²) in [5.41, 5.74) is 0. The smallest absolute Gasteiger partial charge is 0.465 e. The molecule has 1 saturated heterocycles. The summed E-state index contributed by atoms with van der Waals surface area (Å²) >= 11 is 0. The molecule has 0 aromatic rings. The molecule has 8 nitrogen and oxygen atoms in total. The van der Waals surface area contributed by atoms with Gasteiger partial charge in [0.15, 0.2) is 6.29 Å². The first-order valence-corrected chi connectivity index (χ1v) is 23.5. The molecule has 56 heavy (non-hydrogen) atoms. The van der Waals surface area contributed by atoms with Crippen LogP contribution in [0.15, 0.2) is 24.3 Å². The number of nitrogens with zero attached hydrogens (tertiary/aromatic N) is 1. The molecule has 1 aliphatic rings. The van der Waals surface area contributed by atoms with Gasteiger partial charge in [-0.25, -0.2) is 4.79 Å². The minimum Gasteiger partial charge on any atom is -0.465 e. The van der Waals surface area contributed by atoms with Crippen LogP contribution in [0.25, 0.3) is 0 Å². The lowest BCUT2D eigenvalue weighted by molar-refractivity contribution is -0.160. The lowest BCUT2D eigenvalue weighted by atomic mass is 9.88. The van der Waals surface area contributed by atoms with Gasteiger partial charge in [-0.05, 0) is 96.1 Å². The van der Waals surface area contributed by atoms with E-state index in [1.165, 1.54) is 51.4 Å². The predicted octanol–water partition coefficient (Wildman–Crippen LogP) is 13.0. The number of hydrogen-bond acceptors (Lipinski definition) is 8. The number of piperidine rings is 1. The molecule has 8 heteroatoms. The number of carbonyl (C=O) groups excluding carboxylic acids is 2. The van der Waals surface area contributed by atoms with Gasteiger partial charge in [0, 0.05) is 38.0 Å². The van der Waals surface area contributed by atoms with Crippen LogP contribution in [0.1, 0.15) is 189 Å². The van der Waals surface area contributed by atoms with Crippen molar-refractivity contribution in [2.75, 3.05) is 52.7 Å². The van der Waals surface area contributed by atoms with Crippen molar-refractivity contribution >= 4 is 12.1 Å². The van der Waals surface area contributed by atoms with Crippen LogP contribution >= 0.6 is 0 Å². The summed E-state index contributed by atoms with van der Waals surface area (Å²) < 4.78 is 29.4. The molecule has 0 N–H and O–H groups in total. The maximum Gasteiger partial charge on any atom is 0.508 e. The highest BCUT2D eigenvalue weighted by Gasteiger charge is 2.22. The summed E-state index contributed by atoms with van der Waals surface area (Å²) in [7, 11) is 0. The van der Waals surface area contributed by atoms with Crippen molar-refractivity contribution in [2.45, 2.75) is 195 Å². The van der Waals surface area contributed by atoms with Crippen molar-refractivity contribution < 1.29 is 33.3 Å². The fourth-order valence-corrected chi connectivity index (χ4v) is 7.41. The second-order valence-corrected chi connectivity index (χ2v) is 16.1. The number of allylic oxidation sites excluding steroid dienone is 4. The average molecular weight is 791 g/mol. The second-order valence-electron chi connectivity index (χ2n) is 16.1. The number of rotatable bonds is 38. The third-order valence-corrected chi connectivity index (χ3v) is 10.9. The van der Waals surface area contributed by atoms with Gasteiger partial charge in [-0.2, -0.15) is 0 Å². The van der Waals surface area contributed by atoms with Crippen molar-refractivity contribution in [1.29, 1.82) is 0 Å². The Morgan fingerprint density at radius 2 is 1.30 bits per heavy atom. The van der Waals surface area contributed by atoms with Crippen LogP contribution in [-0.2, 0) is 28.5 Å². The van der Waals surface area contributed by atoms with Crippen molar-refractivity contribution in [3.8, 4) is 0 Å². The number of ether oxygens (including phenoxy) is 5. The van der Waals surface area contributed by atoms with Gasteiger partial charge in [0.1, 0.15) is 6.61 Å². The van der Waals surface area contributed by atoms with E-state index in [1.807, 2.05) is 0 Å². The highest BCUT2D eigenvalue weighted by atomic mass is 16.7. The van der Waals surface area contributed by atoms with E-state index in [9.17, 15) is 9.59 Å². The van der Waals surface area contributed by atoms with E-state index in [-0.39, 0.29) is 31.5 Å². The summed E-state index contributed by atoms with van der Waals surface area (Å²) in [4.78, 5) is 28.2. The zero-order chi connectivity index (χ0) is 40.7. The van der Waals surface area contributed by atoms with E-state index >= 15 is 0 Å². The number of likely N-dealkylation sites (tertiary alicyclic amines) is 1. The average Bonchev–Trinajstić information content (AvgIpc) is 3.21. The Morgan fingerprint density at radius 1 is 0.643 bits per heavy atom. The molecule has 1 aliphatic heterocycles. The first-order valence-electron chi connectivity index (χ1n) is 23.5. The Labute approximate surface area is 345 Å². The molecule has 3 atom stereocenters. The van der Waals surface area contributed by atoms with Gasteiger partial charge in [0.25, 0.3) is 0 Å². The lowest BCUT2D eigenvalue weighted by Gasteiger charge is -2.31. The molecule has 0 bridgehead atoms. The Morgan fingerprint density at radius 3 is 1.96 bits per heavy atom. The van der Waals surface area contributed by atoms with Crippen molar-refractivity contribution in [3.05, 3.63) is 30.7 Å². The van der Waals surface area contributed by atoms with Crippen LogP contribution in [0.2, 0.25) is 0 Å². The zero-order valence-corrected chi connectivity index (χ0v) is 37.1. The van der Waals surface area contributed by atoms with E-state index in [0.717, 1.165) is 110 Å². The van der Waals surface area contributed by atoms with Gasteiger partial charge in [-0.15, -0.1) is 0 Å². The lowest BCUT2D eigenvalue weighted by Crippen LogP contribution is -2.37. The Hall–Kier alpha value is -1.90. The number of esters is 1. The highest BCUT2D eigenvalue weighted by Crippen LogP contribution is 2.25. The van der Waals surface area contributed by atoms with Crippen LogP contribution in [0.4, 0.5) is 4.79 Å². The van der Waals surface area contributed by atoms with Crippen LogP contribution in [0.5, 0.6) is 0 Å². The molecule has 0 saturated carbocycles. The summed E-state index contributed by atoms with van der Waals surface area (Å²) in [5, 5.41) is 0. The molecule has 1 radical (unpaired) electrons.